The lowest BCUT2D eigenvalue weighted by Gasteiger charge is -2.05. The van der Waals surface area contributed by atoms with Crippen LogP contribution in [-0.4, -0.2) is 18.3 Å². The van der Waals surface area contributed by atoms with Gasteiger partial charge in [0, 0.05) is 12.0 Å². The lowest BCUT2D eigenvalue weighted by molar-refractivity contribution is -0.150. The molecule has 1 N–H and O–H groups in total. The zero-order valence-electron chi connectivity index (χ0n) is 12.1. The molecule has 4 heteroatoms. The molecular weight excluding hydrogens is 254 g/mol. The minimum Gasteiger partial charge on any atom is -0.370 e. The summed E-state index contributed by atoms with van der Waals surface area (Å²) in [5.41, 5.74) is 3.04. The van der Waals surface area contributed by atoms with Crippen molar-refractivity contribution in [1.82, 2.24) is 5.48 Å². The number of hydrogen-bond donors (Lipinski definition) is 1. The Morgan fingerprint density at radius 1 is 1.05 bits per heavy atom. The van der Waals surface area contributed by atoms with Gasteiger partial charge in [-0.2, -0.15) is 0 Å². The second kappa shape index (κ2) is 10.1. The maximum Gasteiger partial charge on any atom is 0.324 e. The number of hydroxylamine groups is 1. The number of carbonyl (C=O) groups is 2. The first-order chi connectivity index (χ1) is 9.74. The van der Waals surface area contributed by atoms with Gasteiger partial charge in [0.05, 0.1) is 6.54 Å². The molecule has 0 amide bonds. The lowest BCUT2D eigenvalue weighted by Crippen LogP contribution is -2.26. The van der Waals surface area contributed by atoms with E-state index in [0.29, 0.717) is 12.0 Å². The van der Waals surface area contributed by atoms with Crippen LogP contribution in [0.3, 0.4) is 0 Å². The van der Waals surface area contributed by atoms with Crippen LogP contribution in [0, 0.1) is 0 Å². The highest BCUT2D eigenvalue weighted by Gasteiger charge is 2.07. The Kier molecular flexibility index (Phi) is 8.31. The average Bonchev–Trinajstić information content (AvgIpc) is 2.48. The van der Waals surface area contributed by atoms with Crippen LogP contribution in [0.4, 0.5) is 0 Å². The molecule has 0 saturated carbocycles. The van der Waals surface area contributed by atoms with Gasteiger partial charge in [-0.15, -0.1) is 5.48 Å². The molecule has 0 saturated heterocycles. The van der Waals surface area contributed by atoms with Crippen molar-refractivity contribution in [3.63, 3.8) is 0 Å². The molecule has 0 bridgehead atoms. The van der Waals surface area contributed by atoms with Crippen LogP contribution >= 0.6 is 0 Å². The van der Waals surface area contributed by atoms with Gasteiger partial charge in [0.1, 0.15) is 0 Å². The van der Waals surface area contributed by atoms with E-state index >= 15 is 0 Å². The Hall–Kier alpha value is -1.68. The molecule has 1 aromatic carbocycles. The first-order valence-electron chi connectivity index (χ1n) is 7.24. The van der Waals surface area contributed by atoms with Crippen LogP contribution in [-0.2, 0) is 9.63 Å². The molecule has 0 aromatic heterocycles. The molecule has 0 aliphatic rings. The molecule has 0 radical (unpaired) electrons. The number of carbonyl (C=O) groups excluding carboxylic acids is 2. The molecule has 0 aliphatic carbocycles. The second-order valence-electron chi connectivity index (χ2n) is 4.75. The van der Waals surface area contributed by atoms with Gasteiger partial charge in [-0.25, -0.2) is 0 Å². The summed E-state index contributed by atoms with van der Waals surface area (Å²) in [4.78, 5) is 27.9. The van der Waals surface area contributed by atoms with Crippen LogP contribution in [0.2, 0.25) is 0 Å². The van der Waals surface area contributed by atoms with Crippen molar-refractivity contribution < 1.29 is 14.4 Å². The van der Waals surface area contributed by atoms with E-state index in [4.69, 9.17) is 4.84 Å². The number of nitrogens with one attached hydrogen (secondary N) is 1. The Morgan fingerprint density at radius 3 is 2.45 bits per heavy atom. The smallest absolute Gasteiger partial charge is 0.324 e. The summed E-state index contributed by atoms with van der Waals surface area (Å²) >= 11 is 0. The van der Waals surface area contributed by atoms with Crippen LogP contribution in [0.25, 0.3) is 0 Å². The first-order valence-corrected chi connectivity index (χ1v) is 7.24. The Balaban J connectivity index is 2.08. The number of hydrogen-bond acceptors (Lipinski definition) is 4. The summed E-state index contributed by atoms with van der Waals surface area (Å²) in [5.74, 6) is -0.399. The predicted molar refractivity (Wildman–Crippen MR) is 78.2 cm³/mol. The highest BCUT2D eigenvalue weighted by molar-refractivity contribution is 5.97. The summed E-state index contributed by atoms with van der Waals surface area (Å²) < 4.78 is 0. The van der Waals surface area contributed by atoms with Gasteiger partial charge in [0.25, 0.3) is 0 Å². The predicted octanol–water partition coefficient (Wildman–Crippen LogP) is 3.28. The highest BCUT2D eigenvalue weighted by Crippen LogP contribution is 2.05. The van der Waals surface area contributed by atoms with Gasteiger partial charge in [-0.1, -0.05) is 62.9 Å². The molecule has 0 aliphatic heterocycles. The minimum absolute atomic E-state index is 0.00554. The highest BCUT2D eigenvalue weighted by atomic mass is 16.7. The van der Waals surface area contributed by atoms with Gasteiger partial charge in [0.2, 0.25) is 0 Å². The van der Waals surface area contributed by atoms with Crippen LogP contribution in [0.5, 0.6) is 0 Å². The van der Waals surface area contributed by atoms with Crippen molar-refractivity contribution >= 4 is 11.8 Å². The maximum atomic E-state index is 11.7. The van der Waals surface area contributed by atoms with E-state index in [1.165, 1.54) is 12.8 Å². The van der Waals surface area contributed by atoms with E-state index in [-0.39, 0.29) is 18.3 Å². The summed E-state index contributed by atoms with van der Waals surface area (Å²) in [6.07, 6.45) is 5.84. The molecule has 0 spiro atoms. The molecule has 0 fully saturated rings. The van der Waals surface area contributed by atoms with Gasteiger partial charge in [0.15, 0.2) is 5.78 Å². The van der Waals surface area contributed by atoms with E-state index in [0.717, 1.165) is 19.3 Å². The van der Waals surface area contributed by atoms with Gasteiger partial charge in [-0.05, 0) is 6.42 Å². The molecule has 20 heavy (non-hydrogen) atoms. The van der Waals surface area contributed by atoms with Gasteiger partial charge < -0.3 is 4.84 Å². The van der Waals surface area contributed by atoms with Crippen molar-refractivity contribution in [1.29, 1.82) is 0 Å². The van der Waals surface area contributed by atoms with E-state index < -0.39 is 0 Å². The fourth-order valence-corrected chi connectivity index (χ4v) is 1.83. The van der Waals surface area contributed by atoms with E-state index in [1.54, 1.807) is 24.3 Å². The normalized spacial score (nSPS) is 10.2. The zero-order valence-corrected chi connectivity index (χ0v) is 12.1. The standard InChI is InChI=1S/C16H23NO3/c1-2-3-4-5-9-12-16(19)20-17-13-15(18)14-10-7-6-8-11-14/h6-8,10-11,17H,2-5,9,12-13H2,1H3. The van der Waals surface area contributed by atoms with Crippen molar-refractivity contribution in [2.24, 2.45) is 0 Å². The molecule has 0 atom stereocenters. The quantitative estimate of drug-likeness (QED) is 0.405. The van der Waals surface area contributed by atoms with Crippen molar-refractivity contribution in [2.75, 3.05) is 6.54 Å². The number of ketones is 1. The fourth-order valence-electron chi connectivity index (χ4n) is 1.83. The maximum absolute atomic E-state index is 11.7. The first kappa shape index (κ1) is 16.4. The fraction of sp³-hybridized carbons (Fsp3) is 0.500. The molecule has 0 unspecified atom stereocenters. The number of benzene rings is 1. The molecular formula is C16H23NO3. The summed E-state index contributed by atoms with van der Waals surface area (Å²) in [5, 5.41) is 0. The Morgan fingerprint density at radius 2 is 1.75 bits per heavy atom. The molecule has 1 rings (SSSR count). The number of rotatable bonds is 10. The van der Waals surface area contributed by atoms with Crippen molar-refractivity contribution in [3.05, 3.63) is 35.9 Å². The van der Waals surface area contributed by atoms with Gasteiger partial charge in [-0.3, -0.25) is 9.59 Å². The Labute approximate surface area is 120 Å². The van der Waals surface area contributed by atoms with Crippen molar-refractivity contribution in [2.45, 2.75) is 45.4 Å². The van der Waals surface area contributed by atoms with E-state index in [1.807, 2.05) is 6.07 Å². The van der Waals surface area contributed by atoms with Crippen LogP contribution < -0.4 is 5.48 Å². The van der Waals surface area contributed by atoms with E-state index in [2.05, 4.69) is 12.4 Å². The van der Waals surface area contributed by atoms with Crippen molar-refractivity contribution in [3.8, 4) is 0 Å². The summed E-state index contributed by atoms with van der Waals surface area (Å²) in [7, 11) is 0. The SMILES string of the molecule is CCCCCCCC(=O)ONCC(=O)c1ccccc1. The molecule has 1 aromatic rings. The Bertz CT molecular complexity index is 403. The second-order valence-corrected chi connectivity index (χ2v) is 4.75. The monoisotopic (exact) mass is 277 g/mol. The van der Waals surface area contributed by atoms with Crippen LogP contribution in [0.1, 0.15) is 55.8 Å². The molecule has 0 heterocycles. The van der Waals surface area contributed by atoms with Gasteiger partial charge >= 0.3 is 5.97 Å². The molecule has 4 nitrogen and oxygen atoms in total. The third kappa shape index (κ3) is 7.04. The summed E-state index contributed by atoms with van der Waals surface area (Å²) in [6, 6.07) is 8.92. The number of Topliss-reactive ketones (excluding diaryl/α,β-unsaturated/α-hetero) is 1. The number of unbranched alkanes of at least 4 members (excludes halogenated alkanes) is 4. The minimum atomic E-state index is -0.303. The molecule has 110 valence electrons. The topological polar surface area (TPSA) is 55.4 Å². The summed E-state index contributed by atoms with van der Waals surface area (Å²) in [6.45, 7) is 2.16. The average molecular weight is 277 g/mol. The lowest BCUT2D eigenvalue weighted by atomic mass is 10.1. The third-order valence-electron chi connectivity index (χ3n) is 3.00. The van der Waals surface area contributed by atoms with E-state index in [9.17, 15) is 9.59 Å². The largest absolute Gasteiger partial charge is 0.370 e. The van der Waals surface area contributed by atoms with Crippen LogP contribution in [0.15, 0.2) is 30.3 Å². The third-order valence-corrected chi connectivity index (χ3v) is 3.00. The zero-order chi connectivity index (χ0) is 14.6.